The summed E-state index contributed by atoms with van der Waals surface area (Å²) >= 11 is 11.9. The predicted octanol–water partition coefficient (Wildman–Crippen LogP) is 3.27. The molecule has 4 nitrogen and oxygen atoms in total. The number of aromatic nitrogens is 2. The van der Waals surface area contributed by atoms with E-state index in [1.165, 1.54) is 7.11 Å². The number of hydrogen-bond acceptors (Lipinski definition) is 3. The van der Waals surface area contributed by atoms with Gasteiger partial charge in [0.05, 0.1) is 23.5 Å². The highest BCUT2D eigenvalue weighted by Gasteiger charge is 2.20. The van der Waals surface area contributed by atoms with Gasteiger partial charge in [0, 0.05) is 5.02 Å². The summed E-state index contributed by atoms with van der Waals surface area (Å²) < 4.78 is 6.19. The molecule has 2 rings (SSSR count). The second kappa shape index (κ2) is 5.00. The summed E-state index contributed by atoms with van der Waals surface area (Å²) in [6.45, 7) is 1.77. The third kappa shape index (κ3) is 2.21. The first-order chi connectivity index (χ1) is 8.54. The van der Waals surface area contributed by atoms with Gasteiger partial charge < -0.3 is 4.74 Å². The van der Waals surface area contributed by atoms with Gasteiger partial charge in [0.1, 0.15) is 0 Å². The topological polar surface area (TPSA) is 44.1 Å². The number of benzene rings is 1. The molecular weight excluding hydrogens is 275 g/mol. The lowest BCUT2D eigenvalue weighted by Gasteiger charge is -2.03. The van der Waals surface area contributed by atoms with E-state index in [-0.39, 0.29) is 10.7 Å². The molecule has 0 saturated heterocycles. The second-order valence-corrected chi connectivity index (χ2v) is 4.44. The van der Waals surface area contributed by atoms with Crippen molar-refractivity contribution in [2.75, 3.05) is 7.11 Å². The zero-order valence-corrected chi connectivity index (χ0v) is 11.3. The van der Waals surface area contributed by atoms with Crippen LogP contribution in [0.2, 0.25) is 10.0 Å². The highest BCUT2D eigenvalue weighted by atomic mass is 35.5. The van der Waals surface area contributed by atoms with Crippen molar-refractivity contribution < 1.29 is 9.53 Å². The van der Waals surface area contributed by atoms with Crippen molar-refractivity contribution in [3.63, 3.8) is 0 Å². The summed E-state index contributed by atoms with van der Waals surface area (Å²) in [5.41, 5.74) is 1.54. The minimum absolute atomic E-state index is 0.103. The summed E-state index contributed by atoms with van der Waals surface area (Å²) in [5.74, 6) is -0.559. The summed E-state index contributed by atoms with van der Waals surface area (Å²) in [6.07, 6.45) is 0. The van der Waals surface area contributed by atoms with Crippen LogP contribution < -0.4 is 0 Å². The highest BCUT2D eigenvalue weighted by molar-refractivity contribution is 6.34. The van der Waals surface area contributed by atoms with Gasteiger partial charge in [-0.3, -0.25) is 0 Å². The first-order valence-electron chi connectivity index (χ1n) is 5.14. The highest BCUT2D eigenvalue weighted by Crippen LogP contribution is 2.24. The summed E-state index contributed by atoms with van der Waals surface area (Å²) in [5, 5.41) is 5.06. The fraction of sp³-hybridized carbons (Fsp3) is 0.167. The number of nitrogens with zero attached hydrogens (tertiary/aromatic N) is 2. The predicted molar refractivity (Wildman–Crippen MR) is 69.7 cm³/mol. The summed E-state index contributed by atoms with van der Waals surface area (Å²) in [7, 11) is 1.29. The van der Waals surface area contributed by atoms with Gasteiger partial charge in [-0.25, -0.2) is 9.48 Å². The fourth-order valence-corrected chi connectivity index (χ4v) is 1.87. The molecule has 0 radical (unpaired) electrons. The fourth-order valence-electron chi connectivity index (χ4n) is 1.54. The minimum atomic E-state index is -0.559. The standard InChI is InChI=1S/C12H10Cl2N2O2/c1-7-10(14)11(12(17)18-2)15-16(7)9-5-3-8(13)4-6-9/h3-6H,1-2H3. The molecule has 2 aromatic rings. The van der Waals surface area contributed by atoms with E-state index in [1.54, 1.807) is 35.9 Å². The van der Waals surface area contributed by atoms with Crippen LogP contribution in [0.4, 0.5) is 0 Å². The van der Waals surface area contributed by atoms with Gasteiger partial charge in [0.25, 0.3) is 0 Å². The first kappa shape index (κ1) is 12.9. The molecular formula is C12H10Cl2N2O2. The van der Waals surface area contributed by atoms with Crippen LogP contribution in [0.3, 0.4) is 0 Å². The van der Waals surface area contributed by atoms with Gasteiger partial charge in [-0.15, -0.1) is 0 Å². The number of carbonyl (C=O) groups is 1. The van der Waals surface area contributed by atoms with E-state index in [4.69, 9.17) is 23.2 Å². The number of esters is 1. The van der Waals surface area contributed by atoms with Gasteiger partial charge >= 0.3 is 5.97 Å². The van der Waals surface area contributed by atoms with E-state index in [9.17, 15) is 4.79 Å². The van der Waals surface area contributed by atoms with E-state index < -0.39 is 5.97 Å². The quantitative estimate of drug-likeness (QED) is 0.795. The number of hydrogen-bond donors (Lipinski definition) is 0. The smallest absolute Gasteiger partial charge is 0.360 e. The normalized spacial score (nSPS) is 10.4. The van der Waals surface area contributed by atoms with Crippen molar-refractivity contribution in [2.24, 2.45) is 0 Å². The third-order valence-corrected chi connectivity index (χ3v) is 3.20. The molecule has 0 atom stereocenters. The zero-order chi connectivity index (χ0) is 13.3. The van der Waals surface area contributed by atoms with Crippen LogP contribution >= 0.6 is 23.2 Å². The zero-order valence-electron chi connectivity index (χ0n) is 9.78. The SMILES string of the molecule is COC(=O)c1nn(-c2ccc(Cl)cc2)c(C)c1Cl. The number of rotatable bonds is 2. The number of halogens is 2. The van der Waals surface area contributed by atoms with Gasteiger partial charge in [-0.05, 0) is 31.2 Å². The van der Waals surface area contributed by atoms with Crippen LogP contribution in [0.5, 0.6) is 0 Å². The molecule has 0 fully saturated rings. The van der Waals surface area contributed by atoms with Gasteiger partial charge in [-0.1, -0.05) is 23.2 Å². The Morgan fingerprint density at radius 3 is 2.44 bits per heavy atom. The van der Waals surface area contributed by atoms with Crippen LogP contribution in [0.25, 0.3) is 5.69 Å². The monoisotopic (exact) mass is 284 g/mol. The number of methoxy groups -OCH3 is 1. The molecule has 0 spiro atoms. The number of carbonyl (C=O) groups excluding carboxylic acids is 1. The molecule has 0 aliphatic carbocycles. The maximum Gasteiger partial charge on any atom is 0.360 e. The Morgan fingerprint density at radius 2 is 1.89 bits per heavy atom. The maximum absolute atomic E-state index is 11.5. The molecule has 6 heteroatoms. The average Bonchev–Trinajstić information content (AvgIpc) is 2.67. The Hall–Kier alpha value is -1.52. The number of ether oxygens (including phenoxy) is 1. The molecule has 1 heterocycles. The van der Waals surface area contributed by atoms with Crippen molar-refractivity contribution in [3.8, 4) is 5.69 Å². The molecule has 1 aromatic heterocycles. The van der Waals surface area contributed by atoms with Crippen molar-refractivity contribution in [3.05, 3.63) is 45.7 Å². The first-order valence-corrected chi connectivity index (χ1v) is 5.89. The van der Waals surface area contributed by atoms with Crippen LogP contribution in [0, 0.1) is 6.92 Å². The Labute approximate surface area is 114 Å². The van der Waals surface area contributed by atoms with Crippen LogP contribution in [0.15, 0.2) is 24.3 Å². The molecule has 0 unspecified atom stereocenters. The van der Waals surface area contributed by atoms with Crippen LogP contribution in [-0.2, 0) is 4.74 Å². The lowest BCUT2D eigenvalue weighted by atomic mass is 10.3. The van der Waals surface area contributed by atoms with E-state index in [1.807, 2.05) is 0 Å². The Bertz CT molecular complexity index is 591. The van der Waals surface area contributed by atoms with Crippen molar-refractivity contribution in [2.45, 2.75) is 6.92 Å². The Morgan fingerprint density at radius 1 is 1.28 bits per heavy atom. The largest absolute Gasteiger partial charge is 0.464 e. The average molecular weight is 285 g/mol. The third-order valence-electron chi connectivity index (χ3n) is 2.49. The molecule has 0 aliphatic rings. The molecule has 18 heavy (non-hydrogen) atoms. The minimum Gasteiger partial charge on any atom is -0.464 e. The lowest BCUT2D eigenvalue weighted by Crippen LogP contribution is -2.04. The lowest BCUT2D eigenvalue weighted by molar-refractivity contribution is 0.0593. The van der Waals surface area contributed by atoms with E-state index >= 15 is 0 Å². The van der Waals surface area contributed by atoms with Gasteiger partial charge in [-0.2, -0.15) is 5.10 Å². The van der Waals surface area contributed by atoms with Gasteiger partial charge in [0.2, 0.25) is 0 Å². The molecule has 0 amide bonds. The molecule has 0 N–H and O–H groups in total. The molecule has 0 aliphatic heterocycles. The maximum atomic E-state index is 11.5. The molecule has 0 bridgehead atoms. The summed E-state index contributed by atoms with van der Waals surface area (Å²) in [4.78, 5) is 11.5. The van der Waals surface area contributed by atoms with Crippen LogP contribution in [-0.4, -0.2) is 22.9 Å². The molecule has 1 aromatic carbocycles. The second-order valence-electron chi connectivity index (χ2n) is 3.63. The van der Waals surface area contributed by atoms with Crippen molar-refractivity contribution in [1.82, 2.24) is 9.78 Å². The van der Waals surface area contributed by atoms with E-state index in [0.29, 0.717) is 10.7 Å². The van der Waals surface area contributed by atoms with E-state index in [0.717, 1.165) is 5.69 Å². The Kier molecular flexibility index (Phi) is 3.59. The van der Waals surface area contributed by atoms with E-state index in [2.05, 4.69) is 9.84 Å². The van der Waals surface area contributed by atoms with Crippen LogP contribution in [0.1, 0.15) is 16.2 Å². The summed E-state index contributed by atoms with van der Waals surface area (Å²) in [6, 6.07) is 7.06. The van der Waals surface area contributed by atoms with Crippen molar-refractivity contribution in [1.29, 1.82) is 0 Å². The van der Waals surface area contributed by atoms with Crippen molar-refractivity contribution >= 4 is 29.2 Å². The molecule has 0 saturated carbocycles. The Balaban J connectivity index is 2.52. The van der Waals surface area contributed by atoms with Gasteiger partial charge in [0.15, 0.2) is 5.69 Å². The molecule has 94 valence electrons.